The van der Waals surface area contributed by atoms with E-state index in [1.54, 1.807) is 6.07 Å². The number of hydrogen-bond acceptors (Lipinski definition) is 9. The number of thioether (sulfide) groups is 2. The number of pyridine rings is 2. The van der Waals surface area contributed by atoms with Crippen LogP contribution in [0.4, 0.5) is 26.3 Å². The van der Waals surface area contributed by atoms with Gasteiger partial charge in [-0.25, -0.2) is 9.59 Å². The molecule has 1 fully saturated rings. The topological polar surface area (TPSA) is 95.5 Å². The van der Waals surface area contributed by atoms with E-state index < -0.39 is 52.1 Å². The van der Waals surface area contributed by atoms with Gasteiger partial charge in [-0.1, -0.05) is 0 Å². The minimum Gasteiger partial charge on any atom is -0.463 e. The van der Waals surface area contributed by atoms with Gasteiger partial charge in [-0.15, -0.1) is 23.5 Å². The third kappa shape index (κ3) is 6.13. The summed E-state index contributed by atoms with van der Waals surface area (Å²) in [4.78, 5) is 47.1. The maximum Gasteiger partial charge on any atom is 0.417 e. The zero-order valence-corrected chi connectivity index (χ0v) is 23.4. The SMILES string of the molecule is CCOC(=O)C1(CSc2ccc3ncc(C(F)(F)F)cc3c2)OC(=O)C(=O)C1Sc1ccc2ncc(C(F)(F)F)cc2c1. The zero-order valence-electron chi connectivity index (χ0n) is 21.8. The highest BCUT2D eigenvalue weighted by Crippen LogP contribution is 2.43. The summed E-state index contributed by atoms with van der Waals surface area (Å²) in [6.45, 7) is 1.38. The summed E-state index contributed by atoms with van der Waals surface area (Å²) in [6, 6.07) is 10.5. The Hall–Kier alpha value is -3.85. The molecule has 0 spiro atoms. The molecule has 0 N–H and O–H groups in total. The maximum atomic E-state index is 13.3. The molecule has 43 heavy (non-hydrogen) atoms. The van der Waals surface area contributed by atoms with Gasteiger partial charge in [0.15, 0.2) is 0 Å². The number of cyclic esters (lactones) is 1. The summed E-state index contributed by atoms with van der Waals surface area (Å²) in [7, 11) is 0. The lowest BCUT2D eigenvalue weighted by molar-refractivity contribution is -0.171. The molecule has 2 aromatic carbocycles. The Labute approximate surface area is 247 Å². The normalized spacial score (nSPS) is 19.2. The second-order valence-corrected chi connectivity index (χ2v) is 11.5. The predicted octanol–water partition coefficient (Wildman–Crippen LogP) is 6.50. The average molecular weight is 641 g/mol. The molecular weight excluding hydrogens is 622 g/mol. The van der Waals surface area contributed by atoms with E-state index in [0.29, 0.717) is 17.3 Å². The van der Waals surface area contributed by atoms with Crippen molar-refractivity contribution in [2.24, 2.45) is 0 Å². The second-order valence-electron chi connectivity index (χ2n) is 9.30. The molecule has 0 radical (unpaired) electrons. The van der Waals surface area contributed by atoms with E-state index in [-0.39, 0.29) is 39.1 Å². The summed E-state index contributed by atoms with van der Waals surface area (Å²) in [5.74, 6) is -3.74. The Kier molecular flexibility index (Phi) is 8.07. The molecule has 0 aliphatic carbocycles. The van der Waals surface area contributed by atoms with E-state index >= 15 is 0 Å². The van der Waals surface area contributed by atoms with Gasteiger partial charge in [0.05, 0.1) is 34.5 Å². The molecule has 1 aliphatic rings. The molecule has 2 atom stereocenters. The highest BCUT2D eigenvalue weighted by atomic mass is 32.2. The van der Waals surface area contributed by atoms with Crippen LogP contribution >= 0.6 is 23.5 Å². The standard InChI is InChI=1S/C28H18F6N2O5S2/c1-2-40-25(39)26(13-42-18-3-5-20-14(9-18)7-16(11-35-20)27(29,30)31)23(22(37)24(38)41-26)43-19-4-6-21-15(10-19)8-17(12-36-21)28(32,33)34/h3-12,23H,2,13H2,1H3. The molecule has 7 nitrogen and oxygen atoms in total. The van der Waals surface area contributed by atoms with Crippen LogP contribution in [0, 0.1) is 0 Å². The fraction of sp³-hybridized carbons (Fsp3) is 0.250. The van der Waals surface area contributed by atoms with Crippen LogP contribution in [-0.4, -0.2) is 50.9 Å². The van der Waals surface area contributed by atoms with Gasteiger partial charge < -0.3 is 9.47 Å². The van der Waals surface area contributed by atoms with Gasteiger partial charge in [0.1, 0.15) is 5.25 Å². The number of carbonyl (C=O) groups excluding carboxylic acids is 3. The number of carbonyl (C=O) groups is 3. The van der Waals surface area contributed by atoms with E-state index in [1.807, 2.05) is 0 Å². The van der Waals surface area contributed by atoms with E-state index in [2.05, 4.69) is 9.97 Å². The largest absolute Gasteiger partial charge is 0.463 e. The van der Waals surface area contributed by atoms with Crippen molar-refractivity contribution in [2.45, 2.75) is 39.9 Å². The van der Waals surface area contributed by atoms with E-state index in [9.17, 15) is 40.7 Å². The third-order valence-electron chi connectivity index (χ3n) is 6.43. The molecular formula is C28H18F6N2O5S2. The lowest BCUT2D eigenvalue weighted by Gasteiger charge is -2.29. The van der Waals surface area contributed by atoms with Crippen LogP contribution < -0.4 is 0 Å². The minimum atomic E-state index is -4.64. The number of alkyl halides is 6. The van der Waals surface area contributed by atoms with E-state index in [1.165, 1.54) is 37.3 Å². The van der Waals surface area contributed by atoms with Gasteiger partial charge in [-0.2, -0.15) is 26.3 Å². The van der Waals surface area contributed by atoms with E-state index in [0.717, 1.165) is 35.7 Å². The summed E-state index contributed by atoms with van der Waals surface area (Å²) >= 11 is 1.68. The summed E-state index contributed by atoms with van der Waals surface area (Å²) < 4.78 is 89.8. The molecule has 224 valence electrons. The summed E-state index contributed by atoms with van der Waals surface area (Å²) in [6.07, 6.45) is -7.86. The molecule has 1 aliphatic heterocycles. The van der Waals surface area contributed by atoms with Crippen molar-refractivity contribution in [2.75, 3.05) is 12.4 Å². The zero-order chi connectivity index (χ0) is 31.2. The number of rotatable bonds is 7. The van der Waals surface area contributed by atoms with Gasteiger partial charge in [0.25, 0.3) is 5.78 Å². The van der Waals surface area contributed by atoms with Crippen molar-refractivity contribution >= 4 is 63.1 Å². The number of fused-ring (bicyclic) bond motifs is 2. The molecule has 0 amide bonds. The van der Waals surface area contributed by atoms with Crippen LogP contribution in [0.25, 0.3) is 21.8 Å². The van der Waals surface area contributed by atoms with Crippen LogP contribution in [-0.2, 0) is 36.2 Å². The Balaban J connectivity index is 1.48. The predicted molar refractivity (Wildman–Crippen MR) is 144 cm³/mol. The quantitative estimate of drug-likeness (QED) is 0.0971. The molecule has 15 heteroatoms. The molecule has 4 aromatic rings. The Bertz CT molecular complexity index is 1760. The van der Waals surface area contributed by atoms with Crippen LogP contribution in [0.5, 0.6) is 0 Å². The molecule has 2 aromatic heterocycles. The number of ether oxygens (including phenoxy) is 2. The van der Waals surface area contributed by atoms with Crippen LogP contribution in [0.3, 0.4) is 0 Å². The number of aromatic nitrogens is 2. The van der Waals surface area contributed by atoms with Gasteiger partial charge >= 0.3 is 24.3 Å². The molecule has 3 heterocycles. The van der Waals surface area contributed by atoms with Crippen LogP contribution in [0.15, 0.2) is 70.7 Å². The second kappa shape index (κ2) is 11.3. The van der Waals surface area contributed by atoms with Gasteiger partial charge in [0, 0.05) is 33.0 Å². The number of nitrogens with zero attached hydrogens (tertiary/aromatic N) is 2. The highest BCUT2D eigenvalue weighted by molar-refractivity contribution is 8.01. The Morgan fingerprint density at radius 2 is 1.42 bits per heavy atom. The number of esters is 2. The fourth-order valence-electron chi connectivity index (χ4n) is 4.32. The molecule has 0 saturated carbocycles. The highest BCUT2D eigenvalue weighted by Gasteiger charge is 2.62. The van der Waals surface area contributed by atoms with E-state index in [4.69, 9.17) is 9.47 Å². The monoisotopic (exact) mass is 640 g/mol. The van der Waals surface area contributed by atoms with Crippen molar-refractivity contribution in [1.29, 1.82) is 0 Å². The lowest BCUT2D eigenvalue weighted by atomic mass is 10.0. The van der Waals surface area contributed by atoms with Crippen molar-refractivity contribution in [3.63, 3.8) is 0 Å². The number of ketones is 1. The lowest BCUT2D eigenvalue weighted by Crippen LogP contribution is -2.50. The van der Waals surface area contributed by atoms with Crippen molar-refractivity contribution in [1.82, 2.24) is 9.97 Å². The summed E-state index contributed by atoms with van der Waals surface area (Å²) in [5.41, 5.74) is -3.56. The Morgan fingerprint density at radius 1 is 0.884 bits per heavy atom. The number of halogens is 6. The maximum absolute atomic E-state index is 13.3. The van der Waals surface area contributed by atoms with Crippen molar-refractivity contribution in [3.05, 3.63) is 72.1 Å². The van der Waals surface area contributed by atoms with Crippen molar-refractivity contribution < 1.29 is 50.2 Å². The van der Waals surface area contributed by atoms with Crippen LogP contribution in [0.2, 0.25) is 0 Å². The smallest absolute Gasteiger partial charge is 0.417 e. The number of benzene rings is 2. The Morgan fingerprint density at radius 3 is 1.95 bits per heavy atom. The fourth-order valence-corrected chi connectivity index (χ4v) is 6.76. The summed E-state index contributed by atoms with van der Waals surface area (Å²) in [5, 5.41) is -1.21. The van der Waals surface area contributed by atoms with Crippen molar-refractivity contribution in [3.8, 4) is 0 Å². The van der Waals surface area contributed by atoms with Gasteiger partial charge in [0.2, 0.25) is 5.60 Å². The van der Waals surface area contributed by atoms with Gasteiger partial charge in [-0.3, -0.25) is 14.8 Å². The first-order chi connectivity index (χ1) is 20.2. The first-order valence-corrected chi connectivity index (χ1v) is 14.3. The average Bonchev–Trinajstić information content (AvgIpc) is 3.19. The molecule has 1 saturated heterocycles. The first-order valence-electron chi connectivity index (χ1n) is 12.4. The molecule has 5 rings (SSSR count). The van der Waals surface area contributed by atoms with Gasteiger partial charge in [-0.05, 0) is 55.5 Å². The van der Waals surface area contributed by atoms with Crippen LogP contribution in [0.1, 0.15) is 18.1 Å². The molecule has 2 unspecified atom stereocenters. The molecule has 0 bridgehead atoms. The number of hydrogen-bond donors (Lipinski definition) is 0. The minimum absolute atomic E-state index is 0.108. The first kappa shape index (κ1) is 30.6. The number of Topliss-reactive ketones (excluding diaryl/α,β-unsaturated/α-hetero) is 1. The third-order valence-corrected chi connectivity index (χ3v) is 8.94.